The molecular weight excluding hydrogens is 336 g/mol. The van der Waals surface area contributed by atoms with Crippen LogP contribution in [0.5, 0.6) is 0 Å². The van der Waals surface area contributed by atoms with Crippen LogP contribution in [0, 0.1) is 6.92 Å². The molecule has 6 heteroatoms. The molecule has 0 spiro atoms. The lowest BCUT2D eigenvalue weighted by Crippen LogP contribution is -2.29. The van der Waals surface area contributed by atoms with Gasteiger partial charge in [-0.3, -0.25) is 0 Å². The molecule has 1 aliphatic heterocycles. The van der Waals surface area contributed by atoms with Crippen molar-refractivity contribution in [3.05, 3.63) is 60.3 Å². The summed E-state index contributed by atoms with van der Waals surface area (Å²) in [6.07, 6.45) is 5.53. The second-order valence-electron chi connectivity index (χ2n) is 6.82. The Hall–Kier alpha value is -3.15. The first kappa shape index (κ1) is 17.3. The summed E-state index contributed by atoms with van der Waals surface area (Å²) in [7, 11) is 0. The highest BCUT2D eigenvalue weighted by molar-refractivity contribution is 5.62. The van der Waals surface area contributed by atoms with Crippen molar-refractivity contribution < 1.29 is 0 Å². The molecule has 0 amide bonds. The SMILES string of the molecule is Cc1ccccc1Nc1nncc(Nc2ccc(N3CCCCC3)cc2)n1. The molecule has 1 aromatic heterocycles. The lowest BCUT2D eigenvalue weighted by Gasteiger charge is -2.28. The maximum atomic E-state index is 4.51. The predicted molar refractivity (Wildman–Crippen MR) is 110 cm³/mol. The molecule has 2 heterocycles. The van der Waals surface area contributed by atoms with E-state index in [0.717, 1.165) is 30.0 Å². The second kappa shape index (κ2) is 8.03. The zero-order chi connectivity index (χ0) is 18.5. The number of aromatic nitrogens is 3. The summed E-state index contributed by atoms with van der Waals surface area (Å²) in [5.41, 5.74) is 4.37. The molecule has 0 aliphatic carbocycles. The molecule has 27 heavy (non-hydrogen) atoms. The Kier molecular flexibility index (Phi) is 5.14. The number of hydrogen-bond donors (Lipinski definition) is 2. The minimum absolute atomic E-state index is 0.472. The Bertz CT molecular complexity index is 887. The molecule has 4 rings (SSSR count). The van der Waals surface area contributed by atoms with Gasteiger partial charge in [-0.1, -0.05) is 18.2 Å². The van der Waals surface area contributed by atoms with E-state index in [1.165, 1.54) is 24.9 Å². The minimum atomic E-state index is 0.472. The Balaban J connectivity index is 1.44. The van der Waals surface area contributed by atoms with E-state index in [0.29, 0.717) is 11.8 Å². The van der Waals surface area contributed by atoms with Crippen LogP contribution in [0.25, 0.3) is 0 Å². The van der Waals surface area contributed by atoms with Gasteiger partial charge in [0, 0.05) is 30.2 Å². The lowest BCUT2D eigenvalue weighted by atomic mass is 10.1. The summed E-state index contributed by atoms with van der Waals surface area (Å²) in [6, 6.07) is 16.5. The maximum Gasteiger partial charge on any atom is 0.249 e. The van der Waals surface area contributed by atoms with Crippen molar-refractivity contribution in [2.45, 2.75) is 26.2 Å². The van der Waals surface area contributed by atoms with Gasteiger partial charge >= 0.3 is 0 Å². The van der Waals surface area contributed by atoms with Gasteiger partial charge < -0.3 is 15.5 Å². The van der Waals surface area contributed by atoms with Crippen LogP contribution in [-0.2, 0) is 0 Å². The van der Waals surface area contributed by atoms with Crippen molar-refractivity contribution >= 4 is 28.8 Å². The topological polar surface area (TPSA) is 66.0 Å². The van der Waals surface area contributed by atoms with Crippen LogP contribution < -0.4 is 15.5 Å². The fraction of sp³-hybridized carbons (Fsp3) is 0.286. The number of anilines is 5. The Morgan fingerprint density at radius 1 is 0.889 bits per heavy atom. The molecule has 6 nitrogen and oxygen atoms in total. The highest BCUT2D eigenvalue weighted by Crippen LogP contribution is 2.23. The maximum absolute atomic E-state index is 4.51. The van der Waals surface area contributed by atoms with Crippen LogP contribution in [-0.4, -0.2) is 28.3 Å². The predicted octanol–water partition coefficient (Wildman–Crippen LogP) is 4.66. The first-order chi connectivity index (χ1) is 13.3. The number of nitrogens with one attached hydrogen (secondary N) is 2. The lowest BCUT2D eigenvalue weighted by molar-refractivity contribution is 0.578. The fourth-order valence-corrected chi connectivity index (χ4v) is 3.31. The van der Waals surface area contributed by atoms with E-state index in [4.69, 9.17) is 0 Å². The average Bonchev–Trinajstić information content (AvgIpc) is 2.71. The van der Waals surface area contributed by atoms with Crippen molar-refractivity contribution in [2.75, 3.05) is 28.6 Å². The summed E-state index contributed by atoms with van der Waals surface area (Å²) >= 11 is 0. The summed E-state index contributed by atoms with van der Waals surface area (Å²) in [5, 5.41) is 14.6. The molecule has 3 aromatic rings. The molecular formula is C21H24N6. The quantitative estimate of drug-likeness (QED) is 0.690. The first-order valence-corrected chi connectivity index (χ1v) is 9.42. The number of aryl methyl sites for hydroxylation is 1. The van der Waals surface area contributed by atoms with Crippen molar-refractivity contribution in [3.63, 3.8) is 0 Å². The van der Waals surface area contributed by atoms with Gasteiger partial charge in [-0.25, -0.2) is 0 Å². The molecule has 0 bridgehead atoms. The first-order valence-electron chi connectivity index (χ1n) is 9.42. The van der Waals surface area contributed by atoms with E-state index in [1.54, 1.807) is 6.20 Å². The highest BCUT2D eigenvalue weighted by Gasteiger charge is 2.10. The minimum Gasteiger partial charge on any atom is -0.372 e. The van der Waals surface area contributed by atoms with E-state index < -0.39 is 0 Å². The zero-order valence-corrected chi connectivity index (χ0v) is 15.5. The van der Waals surface area contributed by atoms with Gasteiger partial charge in [0.2, 0.25) is 5.95 Å². The fourth-order valence-electron chi connectivity index (χ4n) is 3.31. The van der Waals surface area contributed by atoms with Crippen LogP contribution in [0.4, 0.5) is 28.8 Å². The number of piperidine rings is 1. The molecule has 0 saturated carbocycles. The van der Waals surface area contributed by atoms with Crippen molar-refractivity contribution in [1.29, 1.82) is 0 Å². The zero-order valence-electron chi connectivity index (χ0n) is 15.5. The third-order valence-corrected chi connectivity index (χ3v) is 4.81. The van der Waals surface area contributed by atoms with Gasteiger partial charge in [0.25, 0.3) is 0 Å². The third kappa shape index (κ3) is 4.34. The van der Waals surface area contributed by atoms with Crippen molar-refractivity contribution in [3.8, 4) is 0 Å². The largest absolute Gasteiger partial charge is 0.372 e. The summed E-state index contributed by atoms with van der Waals surface area (Å²) in [6.45, 7) is 4.34. The number of hydrogen-bond acceptors (Lipinski definition) is 6. The van der Waals surface area contributed by atoms with E-state index in [9.17, 15) is 0 Å². The smallest absolute Gasteiger partial charge is 0.249 e. The Morgan fingerprint density at radius 2 is 1.67 bits per heavy atom. The number of nitrogens with zero attached hydrogens (tertiary/aromatic N) is 4. The van der Waals surface area contributed by atoms with Crippen LogP contribution in [0.2, 0.25) is 0 Å². The molecule has 1 saturated heterocycles. The van der Waals surface area contributed by atoms with Gasteiger partial charge in [-0.15, -0.1) is 5.10 Å². The van der Waals surface area contributed by atoms with Crippen molar-refractivity contribution in [1.82, 2.24) is 15.2 Å². The van der Waals surface area contributed by atoms with Gasteiger partial charge in [0.1, 0.15) is 0 Å². The summed E-state index contributed by atoms with van der Waals surface area (Å²) < 4.78 is 0. The molecule has 2 aromatic carbocycles. The highest BCUT2D eigenvalue weighted by atomic mass is 15.3. The second-order valence-corrected chi connectivity index (χ2v) is 6.82. The van der Waals surface area contributed by atoms with Crippen molar-refractivity contribution in [2.24, 2.45) is 0 Å². The third-order valence-electron chi connectivity index (χ3n) is 4.81. The average molecular weight is 360 g/mol. The molecule has 0 radical (unpaired) electrons. The molecule has 1 aliphatic rings. The Labute approximate surface area is 159 Å². The monoisotopic (exact) mass is 360 g/mol. The van der Waals surface area contributed by atoms with Crippen LogP contribution in [0.15, 0.2) is 54.7 Å². The molecule has 0 unspecified atom stereocenters. The molecule has 0 atom stereocenters. The van der Waals surface area contributed by atoms with Crippen LogP contribution >= 0.6 is 0 Å². The molecule has 2 N–H and O–H groups in total. The van der Waals surface area contributed by atoms with E-state index in [-0.39, 0.29) is 0 Å². The normalized spacial score (nSPS) is 14.0. The van der Waals surface area contributed by atoms with Gasteiger partial charge in [0.05, 0.1) is 6.20 Å². The number of para-hydroxylation sites is 1. The van der Waals surface area contributed by atoms with E-state index >= 15 is 0 Å². The van der Waals surface area contributed by atoms with Crippen LogP contribution in [0.3, 0.4) is 0 Å². The summed E-state index contributed by atoms with van der Waals surface area (Å²) in [4.78, 5) is 6.96. The molecule has 138 valence electrons. The van der Waals surface area contributed by atoms with Crippen LogP contribution in [0.1, 0.15) is 24.8 Å². The standard InChI is InChI=1S/C21H24N6/c1-16-7-3-4-8-19(16)24-21-25-20(15-22-26-21)23-17-9-11-18(12-10-17)27-13-5-2-6-14-27/h3-4,7-12,15H,2,5-6,13-14H2,1H3,(H2,23,24,25,26). The number of benzene rings is 2. The van der Waals surface area contributed by atoms with Gasteiger partial charge in [-0.2, -0.15) is 10.1 Å². The van der Waals surface area contributed by atoms with E-state index in [2.05, 4.69) is 55.0 Å². The molecule has 1 fully saturated rings. The van der Waals surface area contributed by atoms with Gasteiger partial charge in [0.15, 0.2) is 5.82 Å². The van der Waals surface area contributed by atoms with E-state index in [1.807, 2.05) is 31.2 Å². The number of rotatable bonds is 5. The van der Waals surface area contributed by atoms with Gasteiger partial charge in [-0.05, 0) is 62.1 Å². The summed E-state index contributed by atoms with van der Waals surface area (Å²) in [5.74, 6) is 1.13. The Morgan fingerprint density at radius 3 is 2.44 bits per heavy atom.